The second-order valence-corrected chi connectivity index (χ2v) is 3.20. The summed E-state index contributed by atoms with van der Waals surface area (Å²) >= 11 is 0. The molecule has 3 heteroatoms. The molecule has 0 bridgehead atoms. The third-order valence-electron chi connectivity index (χ3n) is 2.39. The summed E-state index contributed by atoms with van der Waals surface area (Å²) in [6.45, 7) is 6.87. The predicted molar refractivity (Wildman–Crippen MR) is 54.5 cm³/mol. The number of benzene rings is 1. The fourth-order valence-electron chi connectivity index (χ4n) is 1.71. The quantitative estimate of drug-likeness (QED) is 0.470. The largest absolute Gasteiger partial charge is 0.294 e. The maximum absolute atomic E-state index is 11.6. The molecule has 0 amide bonds. The Labute approximate surface area is 87.1 Å². The minimum Gasteiger partial charge on any atom is -0.294 e. The highest BCUT2D eigenvalue weighted by atomic mass is 16.1. The van der Waals surface area contributed by atoms with Gasteiger partial charge in [0.2, 0.25) is 0 Å². The lowest BCUT2D eigenvalue weighted by atomic mass is 10.1. The molecule has 0 atom stereocenters. The van der Waals surface area contributed by atoms with Gasteiger partial charge in [-0.05, 0) is 11.1 Å². The highest BCUT2D eigenvalue weighted by molar-refractivity contribution is 6.12. The highest BCUT2D eigenvalue weighted by Crippen LogP contribution is 2.34. The number of Topliss-reactive ketones (excluding diaryl/α,β-unsaturated/α-hetero) is 1. The number of ketones is 1. The number of carbonyl (C=O) groups is 1. The number of fused-ring (bicyclic) bond motifs is 1. The first-order valence-electron chi connectivity index (χ1n) is 4.41. The zero-order valence-corrected chi connectivity index (χ0v) is 7.82. The van der Waals surface area contributed by atoms with E-state index >= 15 is 0 Å². The molecular formula is C12H6N2O. The Hall–Kier alpha value is -2.39. The van der Waals surface area contributed by atoms with E-state index in [1.807, 2.05) is 6.07 Å². The van der Waals surface area contributed by atoms with Gasteiger partial charge in [-0.3, -0.25) is 4.79 Å². The van der Waals surface area contributed by atoms with E-state index in [4.69, 9.17) is 11.8 Å². The number of hydrogen-bond donors (Lipinski definition) is 0. The fourth-order valence-corrected chi connectivity index (χ4v) is 1.71. The standard InChI is InChI=1S/C12H6N2O/c1-14-11(7-13)10-6-12(15)9-5-3-2-4-8(9)10/h2-5H,6H2. The van der Waals surface area contributed by atoms with Gasteiger partial charge >= 0.3 is 0 Å². The van der Waals surface area contributed by atoms with E-state index in [0.29, 0.717) is 11.1 Å². The summed E-state index contributed by atoms with van der Waals surface area (Å²) in [5.41, 5.74) is 1.93. The van der Waals surface area contributed by atoms with E-state index in [-0.39, 0.29) is 17.9 Å². The van der Waals surface area contributed by atoms with Gasteiger partial charge in [0, 0.05) is 12.0 Å². The zero-order valence-electron chi connectivity index (χ0n) is 7.82. The minimum absolute atomic E-state index is 0.0167. The van der Waals surface area contributed by atoms with Crippen molar-refractivity contribution in [3.8, 4) is 6.07 Å². The molecule has 1 aliphatic rings. The van der Waals surface area contributed by atoms with Crippen LogP contribution in [-0.2, 0) is 0 Å². The summed E-state index contributed by atoms with van der Waals surface area (Å²) in [5.74, 6) is -0.0167. The van der Waals surface area contributed by atoms with Crippen LogP contribution in [0, 0.1) is 17.9 Å². The van der Waals surface area contributed by atoms with E-state index in [0.717, 1.165) is 5.56 Å². The molecule has 1 aliphatic carbocycles. The smallest absolute Gasteiger partial charge is 0.266 e. The first kappa shape index (κ1) is 9.18. The molecule has 0 heterocycles. The van der Waals surface area contributed by atoms with Crippen LogP contribution in [0.2, 0.25) is 0 Å². The Morgan fingerprint density at radius 1 is 1.40 bits per heavy atom. The Morgan fingerprint density at radius 3 is 2.67 bits per heavy atom. The van der Waals surface area contributed by atoms with Crippen molar-refractivity contribution in [3.05, 3.63) is 52.5 Å². The fraction of sp³-hybridized carbons (Fsp3) is 0.0833. The van der Waals surface area contributed by atoms with E-state index in [1.54, 1.807) is 24.3 Å². The number of allylic oxidation sites excluding steroid dienone is 2. The second-order valence-electron chi connectivity index (χ2n) is 3.20. The molecule has 70 valence electrons. The molecule has 0 aromatic heterocycles. The third kappa shape index (κ3) is 1.31. The summed E-state index contributed by atoms with van der Waals surface area (Å²) in [6.07, 6.45) is 0.171. The van der Waals surface area contributed by atoms with Gasteiger partial charge in [0.1, 0.15) is 0 Å². The number of nitrogens with zero attached hydrogens (tertiary/aromatic N) is 2. The molecule has 0 saturated carbocycles. The summed E-state index contributed by atoms with van der Waals surface area (Å²) in [6, 6.07) is 8.91. The third-order valence-corrected chi connectivity index (χ3v) is 2.39. The first-order valence-corrected chi connectivity index (χ1v) is 4.41. The van der Waals surface area contributed by atoms with E-state index < -0.39 is 0 Å². The van der Waals surface area contributed by atoms with Gasteiger partial charge in [-0.1, -0.05) is 24.3 Å². The molecule has 2 rings (SSSR count). The molecule has 0 spiro atoms. The van der Waals surface area contributed by atoms with Crippen LogP contribution in [0.5, 0.6) is 0 Å². The SMILES string of the molecule is [C-]#[N+]C(C#N)=C1CC(=O)c2ccccc21. The van der Waals surface area contributed by atoms with Crippen LogP contribution in [0.1, 0.15) is 22.3 Å². The average molecular weight is 194 g/mol. The first-order chi connectivity index (χ1) is 7.27. The Balaban J connectivity index is 2.71. The normalized spacial score (nSPS) is 16.5. The lowest BCUT2D eigenvalue weighted by molar-refractivity contribution is 0.100. The highest BCUT2D eigenvalue weighted by Gasteiger charge is 2.25. The van der Waals surface area contributed by atoms with Crippen molar-refractivity contribution >= 4 is 11.4 Å². The van der Waals surface area contributed by atoms with Crippen molar-refractivity contribution in [1.29, 1.82) is 5.26 Å². The number of rotatable bonds is 0. The van der Waals surface area contributed by atoms with E-state index in [2.05, 4.69) is 4.85 Å². The Bertz CT molecular complexity index is 540. The number of carbonyl (C=O) groups excluding carboxylic acids is 1. The average Bonchev–Trinajstić information content (AvgIpc) is 2.60. The van der Waals surface area contributed by atoms with Crippen molar-refractivity contribution in [2.75, 3.05) is 0 Å². The second kappa shape index (κ2) is 3.40. The molecular weight excluding hydrogens is 188 g/mol. The maximum Gasteiger partial charge on any atom is 0.266 e. The van der Waals surface area contributed by atoms with Crippen molar-refractivity contribution in [2.24, 2.45) is 0 Å². The monoisotopic (exact) mass is 194 g/mol. The van der Waals surface area contributed by atoms with Crippen LogP contribution in [0.4, 0.5) is 0 Å². The van der Waals surface area contributed by atoms with Gasteiger partial charge in [0.15, 0.2) is 5.78 Å². The van der Waals surface area contributed by atoms with Crippen LogP contribution in [0.3, 0.4) is 0 Å². The van der Waals surface area contributed by atoms with Crippen LogP contribution in [0.25, 0.3) is 10.4 Å². The van der Waals surface area contributed by atoms with Gasteiger partial charge in [-0.15, -0.1) is 0 Å². The minimum atomic E-state index is -0.0167. The van der Waals surface area contributed by atoms with Gasteiger partial charge in [0.25, 0.3) is 5.70 Å². The van der Waals surface area contributed by atoms with Gasteiger partial charge < -0.3 is 0 Å². The molecule has 0 radical (unpaired) electrons. The van der Waals surface area contributed by atoms with Crippen LogP contribution < -0.4 is 0 Å². The predicted octanol–water partition coefficient (Wildman–Crippen LogP) is 2.43. The summed E-state index contributed by atoms with van der Waals surface area (Å²) in [5, 5.41) is 8.77. The van der Waals surface area contributed by atoms with E-state index in [9.17, 15) is 4.79 Å². The van der Waals surface area contributed by atoms with Crippen LogP contribution in [-0.4, -0.2) is 5.78 Å². The molecule has 0 N–H and O–H groups in total. The van der Waals surface area contributed by atoms with Gasteiger partial charge in [0.05, 0.1) is 12.6 Å². The topological polar surface area (TPSA) is 45.2 Å². The van der Waals surface area contributed by atoms with Crippen molar-refractivity contribution < 1.29 is 4.79 Å². The Morgan fingerprint density at radius 2 is 2.07 bits per heavy atom. The molecule has 3 nitrogen and oxygen atoms in total. The van der Waals surface area contributed by atoms with Crippen molar-refractivity contribution in [2.45, 2.75) is 6.42 Å². The van der Waals surface area contributed by atoms with Crippen LogP contribution in [0.15, 0.2) is 30.0 Å². The van der Waals surface area contributed by atoms with E-state index in [1.165, 1.54) is 0 Å². The molecule has 0 aliphatic heterocycles. The van der Waals surface area contributed by atoms with Gasteiger partial charge in [-0.25, -0.2) is 10.1 Å². The van der Waals surface area contributed by atoms with Crippen molar-refractivity contribution in [3.63, 3.8) is 0 Å². The zero-order chi connectivity index (χ0) is 10.8. The summed E-state index contributed by atoms with van der Waals surface area (Å²) < 4.78 is 0. The molecule has 0 fully saturated rings. The molecule has 0 unspecified atom stereocenters. The lowest BCUT2D eigenvalue weighted by Gasteiger charge is -1.97. The summed E-state index contributed by atoms with van der Waals surface area (Å²) in [4.78, 5) is 14.7. The van der Waals surface area contributed by atoms with Crippen molar-refractivity contribution in [1.82, 2.24) is 0 Å². The number of nitriles is 1. The van der Waals surface area contributed by atoms with Gasteiger partial charge in [-0.2, -0.15) is 0 Å². The lowest BCUT2D eigenvalue weighted by Crippen LogP contribution is -1.88. The number of hydrogen-bond acceptors (Lipinski definition) is 2. The molecule has 15 heavy (non-hydrogen) atoms. The summed E-state index contributed by atoms with van der Waals surface area (Å²) in [7, 11) is 0. The molecule has 1 aromatic carbocycles. The Kier molecular flexibility index (Phi) is 2.08. The van der Waals surface area contributed by atoms with Crippen LogP contribution >= 0.6 is 0 Å². The molecule has 0 saturated heterocycles. The maximum atomic E-state index is 11.6. The molecule has 1 aromatic rings.